The quantitative estimate of drug-likeness (QED) is 0.907. The lowest BCUT2D eigenvalue weighted by Gasteiger charge is -2.08. The van der Waals surface area contributed by atoms with Gasteiger partial charge < -0.3 is 10.6 Å². The van der Waals surface area contributed by atoms with E-state index in [2.05, 4.69) is 15.6 Å². The van der Waals surface area contributed by atoms with Gasteiger partial charge in [-0.25, -0.2) is 4.98 Å². The summed E-state index contributed by atoms with van der Waals surface area (Å²) in [6, 6.07) is 9.34. The van der Waals surface area contributed by atoms with E-state index in [0.29, 0.717) is 18.0 Å². The first-order valence-corrected chi connectivity index (χ1v) is 7.21. The van der Waals surface area contributed by atoms with Gasteiger partial charge in [-0.3, -0.25) is 9.59 Å². The summed E-state index contributed by atoms with van der Waals surface area (Å²) in [5.74, 6) is -0.279. The number of anilines is 1. The second-order valence-corrected chi connectivity index (χ2v) is 5.41. The molecule has 1 aromatic heterocycles. The molecule has 0 spiro atoms. The van der Waals surface area contributed by atoms with Crippen LogP contribution in [0.3, 0.4) is 0 Å². The second kappa shape index (κ2) is 5.42. The predicted molar refractivity (Wildman–Crippen MR) is 77.3 cm³/mol. The first-order chi connectivity index (χ1) is 9.72. The van der Waals surface area contributed by atoms with Crippen molar-refractivity contribution in [2.24, 2.45) is 0 Å². The summed E-state index contributed by atoms with van der Waals surface area (Å²) in [6.07, 6.45) is 0.951. The van der Waals surface area contributed by atoms with Gasteiger partial charge in [0.15, 0.2) is 5.13 Å². The van der Waals surface area contributed by atoms with Crippen LogP contribution in [0.1, 0.15) is 12.8 Å². The minimum atomic E-state index is -0.438. The number of nitrogens with one attached hydrogen (secondary N) is 2. The third-order valence-corrected chi connectivity index (χ3v) is 3.87. The summed E-state index contributed by atoms with van der Waals surface area (Å²) in [4.78, 5) is 27.4. The fraction of sp³-hybridized carbons (Fsp3) is 0.214. The van der Waals surface area contributed by atoms with Crippen molar-refractivity contribution in [2.75, 3.05) is 5.32 Å². The van der Waals surface area contributed by atoms with E-state index < -0.39 is 6.04 Å². The molecule has 1 fully saturated rings. The van der Waals surface area contributed by atoms with Gasteiger partial charge in [-0.1, -0.05) is 30.3 Å². The maximum Gasteiger partial charge on any atom is 0.248 e. The van der Waals surface area contributed by atoms with Gasteiger partial charge in [0, 0.05) is 17.4 Å². The average Bonchev–Trinajstić information content (AvgIpc) is 3.09. The Morgan fingerprint density at radius 2 is 2.15 bits per heavy atom. The Balaban J connectivity index is 1.68. The molecule has 0 bridgehead atoms. The van der Waals surface area contributed by atoms with E-state index in [-0.39, 0.29) is 11.8 Å². The zero-order valence-corrected chi connectivity index (χ0v) is 11.4. The fourth-order valence-electron chi connectivity index (χ4n) is 2.08. The van der Waals surface area contributed by atoms with Gasteiger partial charge in [-0.05, 0) is 6.42 Å². The topological polar surface area (TPSA) is 71.1 Å². The van der Waals surface area contributed by atoms with Crippen LogP contribution in [0.25, 0.3) is 11.3 Å². The van der Waals surface area contributed by atoms with Crippen LogP contribution in [0.15, 0.2) is 35.7 Å². The van der Waals surface area contributed by atoms with Crippen molar-refractivity contribution in [3.63, 3.8) is 0 Å². The van der Waals surface area contributed by atoms with Crippen LogP contribution in [-0.2, 0) is 9.59 Å². The van der Waals surface area contributed by atoms with Crippen molar-refractivity contribution >= 4 is 28.3 Å². The average molecular weight is 287 g/mol. The van der Waals surface area contributed by atoms with Gasteiger partial charge in [-0.2, -0.15) is 0 Å². The minimum absolute atomic E-state index is 0.0748. The summed E-state index contributed by atoms with van der Waals surface area (Å²) in [6.45, 7) is 0. The first-order valence-electron chi connectivity index (χ1n) is 6.33. The maximum atomic E-state index is 11.9. The largest absolute Gasteiger partial charge is 0.344 e. The standard InChI is InChI=1S/C14H13N3O2S/c18-12-7-6-10(15-12)13(19)17-14-16-11(8-20-14)9-4-2-1-3-5-9/h1-5,8,10H,6-7H2,(H,15,18)(H,16,17,19). The van der Waals surface area contributed by atoms with E-state index in [1.54, 1.807) is 0 Å². The molecule has 1 aromatic carbocycles. The molecule has 3 rings (SSSR count). The summed E-state index contributed by atoms with van der Waals surface area (Å²) >= 11 is 1.38. The number of hydrogen-bond donors (Lipinski definition) is 2. The molecule has 2 amide bonds. The highest BCUT2D eigenvalue weighted by Crippen LogP contribution is 2.24. The molecule has 102 valence electrons. The second-order valence-electron chi connectivity index (χ2n) is 4.55. The molecular formula is C14H13N3O2S. The fourth-order valence-corrected chi connectivity index (χ4v) is 2.80. The van der Waals surface area contributed by atoms with Crippen molar-refractivity contribution in [1.29, 1.82) is 0 Å². The number of carbonyl (C=O) groups excluding carboxylic acids is 2. The number of thiazole rings is 1. The normalized spacial score (nSPS) is 17.8. The zero-order chi connectivity index (χ0) is 13.9. The van der Waals surface area contributed by atoms with Crippen LogP contribution >= 0.6 is 11.3 Å². The highest BCUT2D eigenvalue weighted by Gasteiger charge is 2.27. The number of nitrogens with zero attached hydrogens (tertiary/aromatic N) is 1. The Labute approximate surface area is 120 Å². The molecule has 2 heterocycles. The lowest BCUT2D eigenvalue weighted by Crippen LogP contribution is -2.37. The number of benzene rings is 1. The molecule has 0 saturated carbocycles. The molecule has 2 aromatic rings. The Hall–Kier alpha value is -2.21. The van der Waals surface area contributed by atoms with Gasteiger partial charge in [0.1, 0.15) is 6.04 Å². The van der Waals surface area contributed by atoms with Gasteiger partial charge in [-0.15, -0.1) is 11.3 Å². The molecular weight excluding hydrogens is 274 g/mol. The third-order valence-electron chi connectivity index (χ3n) is 3.12. The van der Waals surface area contributed by atoms with Gasteiger partial charge in [0.2, 0.25) is 11.8 Å². The first kappa shape index (κ1) is 12.8. The molecule has 1 unspecified atom stereocenters. The van der Waals surface area contributed by atoms with Crippen LogP contribution in [-0.4, -0.2) is 22.8 Å². The molecule has 0 radical (unpaired) electrons. The highest BCUT2D eigenvalue weighted by molar-refractivity contribution is 7.14. The lowest BCUT2D eigenvalue weighted by atomic mass is 10.2. The molecule has 0 aliphatic carbocycles. The summed E-state index contributed by atoms with van der Waals surface area (Å²) in [7, 11) is 0. The molecule has 2 N–H and O–H groups in total. The SMILES string of the molecule is O=C1CCC(C(=O)Nc2nc(-c3ccccc3)cs2)N1. The third kappa shape index (κ3) is 2.70. The van der Waals surface area contributed by atoms with E-state index in [9.17, 15) is 9.59 Å². The zero-order valence-electron chi connectivity index (χ0n) is 10.6. The molecule has 5 nitrogen and oxygen atoms in total. The van der Waals surface area contributed by atoms with Crippen molar-refractivity contribution in [3.05, 3.63) is 35.7 Å². The molecule has 1 aliphatic rings. The Bertz CT molecular complexity index is 639. The van der Waals surface area contributed by atoms with Gasteiger partial charge >= 0.3 is 0 Å². The van der Waals surface area contributed by atoms with E-state index >= 15 is 0 Å². The predicted octanol–water partition coefficient (Wildman–Crippen LogP) is 2.03. The summed E-state index contributed by atoms with van der Waals surface area (Å²) in [5.41, 5.74) is 1.85. The lowest BCUT2D eigenvalue weighted by molar-refractivity contribution is -0.122. The van der Waals surface area contributed by atoms with E-state index in [1.165, 1.54) is 11.3 Å². The summed E-state index contributed by atoms with van der Waals surface area (Å²) in [5, 5.41) is 7.84. The van der Waals surface area contributed by atoms with E-state index in [0.717, 1.165) is 11.3 Å². The van der Waals surface area contributed by atoms with Crippen LogP contribution < -0.4 is 10.6 Å². The summed E-state index contributed by atoms with van der Waals surface area (Å²) < 4.78 is 0. The monoisotopic (exact) mass is 287 g/mol. The Morgan fingerprint density at radius 1 is 1.35 bits per heavy atom. The van der Waals surface area contributed by atoms with Crippen LogP contribution in [0.2, 0.25) is 0 Å². The van der Waals surface area contributed by atoms with Gasteiger partial charge in [0.05, 0.1) is 5.69 Å². The number of carbonyl (C=O) groups is 2. The molecule has 1 aliphatic heterocycles. The van der Waals surface area contributed by atoms with Crippen LogP contribution in [0.5, 0.6) is 0 Å². The number of aromatic nitrogens is 1. The Morgan fingerprint density at radius 3 is 2.85 bits per heavy atom. The van der Waals surface area contributed by atoms with Crippen LogP contribution in [0.4, 0.5) is 5.13 Å². The molecule has 6 heteroatoms. The molecule has 1 saturated heterocycles. The number of rotatable bonds is 3. The van der Waals surface area contributed by atoms with Crippen molar-refractivity contribution in [1.82, 2.24) is 10.3 Å². The van der Waals surface area contributed by atoms with Gasteiger partial charge in [0.25, 0.3) is 0 Å². The minimum Gasteiger partial charge on any atom is -0.344 e. The molecule has 1 atom stereocenters. The van der Waals surface area contributed by atoms with Crippen molar-refractivity contribution in [3.8, 4) is 11.3 Å². The van der Waals surface area contributed by atoms with Crippen molar-refractivity contribution in [2.45, 2.75) is 18.9 Å². The smallest absolute Gasteiger partial charge is 0.248 e. The van der Waals surface area contributed by atoms with E-state index in [4.69, 9.17) is 0 Å². The maximum absolute atomic E-state index is 11.9. The Kier molecular flexibility index (Phi) is 3.47. The number of hydrogen-bond acceptors (Lipinski definition) is 4. The highest BCUT2D eigenvalue weighted by atomic mass is 32.1. The number of amides is 2. The van der Waals surface area contributed by atoms with Crippen LogP contribution in [0, 0.1) is 0 Å². The molecule has 20 heavy (non-hydrogen) atoms. The van der Waals surface area contributed by atoms with E-state index in [1.807, 2.05) is 35.7 Å². The van der Waals surface area contributed by atoms with Crippen molar-refractivity contribution < 1.29 is 9.59 Å².